The smallest absolute Gasteiger partial charge is 0.0649 e. The Morgan fingerprint density at radius 3 is 2.72 bits per heavy atom. The molecule has 0 N–H and O–H groups in total. The molecule has 1 atom stereocenters. The highest BCUT2D eigenvalue weighted by Gasteiger charge is 2.23. The van der Waals surface area contributed by atoms with Gasteiger partial charge in [-0.15, -0.1) is 0 Å². The molecule has 1 aliphatic heterocycles. The largest absolute Gasteiger partial charge is 0.383 e. The number of hydrogen-bond acceptors (Lipinski definition) is 3. The second kappa shape index (κ2) is 6.71. The van der Waals surface area contributed by atoms with Crippen LogP contribution in [0.25, 0.3) is 0 Å². The highest BCUT2D eigenvalue weighted by Crippen LogP contribution is 2.27. The molecular formula is C13H18Cl2N2O. The third-order valence-corrected chi connectivity index (χ3v) is 4.07. The predicted molar refractivity (Wildman–Crippen MR) is 74.2 cm³/mol. The molecule has 100 valence electrons. The third kappa shape index (κ3) is 3.35. The van der Waals surface area contributed by atoms with Gasteiger partial charge in [-0.2, -0.15) is 0 Å². The molecule has 0 unspecified atom stereocenters. The monoisotopic (exact) mass is 288 g/mol. The summed E-state index contributed by atoms with van der Waals surface area (Å²) in [7, 11) is 1.75. The van der Waals surface area contributed by atoms with E-state index in [0.717, 1.165) is 25.3 Å². The van der Waals surface area contributed by atoms with E-state index in [1.807, 2.05) is 0 Å². The summed E-state index contributed by atoms with van der Waals surface area (Å²) in [6, 6.07) is 0.462. The number of aromatic nitrogens is 1. The summed E-state index contributed by atoms with van der Waals surface area (Å²) in [4.78, 5) is 6.39. The van der Waals surface area contributed by atoms with Crippen molar-refractivity contribution in [3.05, 3.63) is 28.0 Å². The zero-order chi connectivity index (χ0) is 13.0. The second-order valence-electron chi connectivity index (χ2n) is 4.66. The quantitative estimate of drug-likeness (QED) is 0.849. The molecule has 0 bridgehead atoms. The van der Waals surface area contributed by atoms with Crippen molar-refractivity contribution in [1.29, 1.82) is 0 Å². The summed E-state index contributed by atoms with van der Waals surface area (Å²) >= 11 is 12.3. The van der Waals surface area contributed by atoms with E-state index in [0.29, 0.717) is 16.1 Å². The molecule has 18 heavy (non-hydrogen) atoms. The number of piperidine rings is 1. The molecule has 2 heterocycles. The van der Waals surface area contributed by atoms with Gasteiger partial charge in [0.1, 0.15) is 0 Å². The van der Waals surface area contributed by atoms with Gasteiger partial charge in [-0.1, -0.05) is 29.6 Å². The average molecular weight is 289 g/mol. The molecule has 1 saturated heterocycles. The van der Waals surface area contributed by atoms with E-state index in [9.17, 15) is 0 Å². The van der Waals surface area contributed by atoms with Gasteiger partial charge >= 0.3 is 0 Å². The summed E-state index contributed by atoms with van der Waals surface area (Å²) < 4.78 is 5.29. The number of halogens is 2. The second-order valence-corrected chi connectivity index (χ2v) is 5.47. The van der Waals surface area contributed by atoms with Gasteiger partial charge in [0.25, 0.3) is 0 Å². The summed E-state index contributed by atoms with van der Waals surface area (Å²) in [5.74, 6) is 0. The molecule has 2 rings (SSSR count). The maximum Gasteiger partial charge on any atom is 0.0649 e. The van der Waals surface area contributed by atoms with E-state index in [1.54, 1.807) is 19.5 Å². The number of hydrogen-bond donors (Lipinski definition) is 0. The van der Waals surface area contributed by atoms with E-state index < -0.39 is 0 Å². The lowest BCUT2D eigenvalue weighted by molar-refractivity contribution is 0.0600. The van der Waals surface area contributed by atoms with E-state index in [1.165, 1.54) is 19.3 Å². The SMILES string of the molecule is COC[C@@H]1CCCCN1Cc1c(Cl)cncc1Cl. The van der Waals surface area contributed by atoms with Crippen molar-refractivity contribution < 1.29 is 4.74 Å². The molecule has 3 nitrogen and oxygen atoms in total. The molecule has 1 aromatic rings. The number of rotatable bonds is 4. The first-order chi connectivity index (χ1) is 8.72. The van der Waals surface area contributed by atoms with Gasteiger partial charge in [-0.3, -0.25) is 9.88 Å². The summed E-state index contributed by atoms with van der Waals surface area (Å²) in [6.45, 7) is 2.61. The Labute approximate surface area is 118 Å². The highest BCUT2D eigenvalue weighted by molar-refractivity contribution is 6.35. The van der Waals surface area contributed by atoms with Crippen LogP contribution in [0.5, 0.6) is 0 Å². The van der Waals surface area contributed by atoms with Gasteiger partial charge in [-0.05, 0) is 19.4 Å². The Morgan fingerprint density at radius 1 is 1.33 bits per heavy atom. The molecule has 1 aliphatic rings. The van der Waals surface area contributed by atoms with Crippen LogP contribution >= 0.6 is 23.2 Å². The van der Waals surface area contributed by atoms with Crippen molar-refractivity contribution in [2.75, 3.05) is 20.3 Å². The van der Waals surface area contributed by atoms with Crippen LogP contribution in [0.15, 0.2) is 12.4 Å². The molecule has 0 spiro atoms. The lowest BCUT2D eigenvalue weighted by Crippen LogP contribution is -2.41. The first-order valence-electron chi connectivity index (χ1n) is 6.23. The Morgan fingerprint density at radius 2 is 2.06 bits per heavy atom. The van der Waals surface area contributed by atoms with Crippen molar-refractivity contribution in [2.24, 2.45) is 0 Å². The molecule has 0 amide bonds. The van der Waals surface area contributed by atoms with E-state index in [2.05, 4.69) is 9.88 Å². The van der Waals surface area contributed by atoms with Crippen LogP contribution in [0, 0.1) is 0 Å². The maximum atomic E-state index is 6.17. The number of nitrogens with zero attached hydrogens (tertiary/aromatic N) is 2. The zero-order valence-electron chi connectivity index (χ0n) is 10.5. The predicted octanol–water partition coefficient (Wildman–Crippen LogP) is 3.39. The fourth-order valence-corrected chi connectivity index (χ4v) is 2.93. The summed E-state index contributed by atoms with van der Waals surface area (Å²) in [5.41, 5.74) is 0.969. The Hall–Kier alpha value is -0.350. The molecular weight excluding hydrogens is 271 g/mol. The average Bonchev–Trinajstić information content (AvgIpc) is 2.36. The van der Waals surface area contributed by atoms with Crippen molar-refractivity contribution >= 4 is 23.2 Å². The molecule has 1 aromatic heterocycles. The van der Waals surface area contributed by atoms with Crippen molar-refractivity contribution in [3.8, 4) is 0 Å². The molecule has 0 aromatic carbocycles. The third-order valence-electron chi connectivity index (χ3n) is 3.42. The summed E-state index contributed by atoms with van der Waals surface area (Å²) in [5, 5.41) is 1.29. The number of likely N-dealkylation sites (tertiary alicyclic amines) is 1. The minimum atomic E-state index is 0.462. The standard InChI is InChI=1S/C13H18Cl2N2O/c1-18-9-10-4-2-3-5-17(10)8-11-12(14)6-16-7-13(11)15/h6-7,10H,2-5,8-9H2,1H3/t10-/m0/s1. The minimum absolute atomic E-state index is 0.462. The topological polar surface area (TPSA) is 25.4 Å². The van der Waals surface area contributed by atoms with E-state index in [-0.39, 0.29) is 0 Å². The Kier molecular flexibility index (Phi) is 5.25. The molecule has 0 saturated carbocycles. The molecule has 1 fully saturated rings. The number of methoxy groups -OCH3 is 1. The number of ether oxygens (including phenoxy) is 1. The fraction of sp³-hybridized carbons (Fsp3) is 0.615. The number of pyridine rings is 1. The van der Waals surface area contributed by atoms with Crippen molar-refractivity contribution in [1.82, 2.24) is 9.88 Å². The normalized spacial score (nSPS) is 21.2. The van der Waals surface area contributed by atoms with Crippen molar-refractivity contribution in [3.63, 3.8) is 0 Å². The lowest BCUT2D eigenvalue weighted by atomic mass is 10.0. The van der Waals surface area contributed by atoms with Crippen LogP contribution in [0.1, 0.15) is 24.8 Å². The summed E-state index contributed by atoms with van der Waals surface area (Å²) in [6.07, 6.45) is 6.97. The van der Waals surface area contributed by atoms with Gasteiger partial charge in [-0.25, -0.2) is 0 Å². The van der Waals surface area contributed by atoms with E-state index >= 15 is 0 Å². The zero-order valence-corrected chi connectivity index (χ0v) is 12.0. The Bertz CT molecular complexity index is 378. The highest BCUT2D eigenvalue weighted by atomic mass is 35.5. The molecule has 0 aliphatic carbocycles. The maximum absolute atomic E-state index is 6.17. The van der Waals surface area contributed by atoms with Crippen LogP contribution in [-0.4, -0.2) is 36.2 Å². The Balaban J connectivity index is 2.11. The van der Waals surface area contributed by atoms with Gasteiger partial charge in [0.05, 0.1) is 16.7 Å². The van der Waals surface area contributed by atoms with Gasteiger partial charge < -0.3 is 4.74 Å². The van der Waals surface area contributed by atoms with Crippen LogP contribution in [0.2, 0.25) is 10.0 Å². The van der Waals surface area contributed by atoms with Crippen LogP contribution in [0.4, 0.5) is 0 Å². The van der Waals surface area contributed by atoms with Gasteiger partial charge in [0.15, 0.2) is 0 Å². The first-order valence-corrected chi connectivity index (χ1v) is 6.99. The van der Waals surface area contributed by atoms with E-state index in [4.69, 9.17) is 27.9 Å². The van der Waals surface area contributed by atoms with Crippen molar-refractivity contribution in [2.45, 2.75) is 31.8 Å². The minimum Gasteiger partial charge on any atom is -0.383 e. The van der Waals surface area contributed by atoms with Crippen LogP contribution < -0.4 is 0 Å². The van der Waals surface area contributed by atoms with Gasteiger partial charge in [0.2, 0.25) is 0 Å². The molecule has 5 heteroatoms. The van der Waals surface area contributed by atoms with Crippen LogP contribution in [-0.2, 0) is 11.3 Å². The van der Waals surface area contributed by atoms with Gasteiger partial charge in [0, 0.05) is 37.7 Å². The first kappa shape index (κ1) is 14.1. The lowest BCUT2D eigenvalue weighted by Gasteiger charge is -2.35. The fourth-order valence-electron chi connectivity index (χ4n) is 2.44. The molecule has 0 radical (unpaired) electrons. The van der Waals surface area contributed by atoms with Crippen LogP contribution in [0.3, 0.4) is 0 Å².